The minimum absolute atomic E-state index is 0.0163. The van der Waals surface area contributed by atoms with Crippen LogP contribution in [0.15, 0.2) is 18.2 Å². The van der Waals surface area contributed by atoms with E-state index in [2.05, 4.69) is 0 Å². The molecule has 88 valence electrons. The van der Waals surface area contributed by atoms with Gasteiger partial charge in [0.25, 0.3) is 0 Å². The number of halogens is 1. The number of rotatable bonds is 5. The summed E-state index contributed by atoms with van der Waals surface area (Å²) in [5.41, 5.74) is 0.808. The molecule has 0 radical (unpaired) electrons. The van der Waals surface area contributed by atoms with Gasteiger partial charge in [-0.15, -0.1) is 0 Å². The zero-order chi connectivity index (χ0) is 12.0. The summed E-state index contributed by atoms with van der Waals surface area (Å²) in [6.45, 7) is 2.55. The van der Waals surface area contributed by atoms with Gasteiger partial charge in [0.1, 0.15) is 5.82 Å². The van der Waals surface area contributed by atoms with Crippen molar-refractivity contribution in [2.45, 2.75) is 13.3 Å². The maximum atomic E-state index is 13.3. The smallest absolute Gasteiger partial charge is 0.341 e. The summed E-state index contributed by atoms with van der Waals surface area (Å²) in [6, 6.07) is 4.35. The van der Waals surface area contributed by atoms with E-state index in [0.29, 0.717) is 13.0 Å². The van der Waals surface area contributed by atoms with Crippen molar-refractivity contribution in [2.24, 2.45) is 0 Å². The molecule has 0 aliphatic heterocycles. The number of aryl methyl sites for hydroxylation is 1. The van der Waals surface area contributed by atoms with E-state index in [1.807, 2.05) is 0 Å². The fourth-order valence-electron chi connectivity index (χ4n) is 1.24. The lowest BCUT2D eigenvalue weighted by atomic mass is 10.1. The van der Waals surface area contributed by atoms with E-state index in [-0.39, 0.29) is 12.2 Å². The van der Waals surface area contributed by atoms with Crippen LogP contribution in [0, 0.1) is 12.7 Å². The molecule has 0 unspecified atom stereocenters. The minimum atomic E-state index is -0.627. The predicted octanol–water partition coefficient (Wildman–Crippen LogP) is 2.33. The van der Waals surface area contributed by atoms with Crippen LogP contribution in [0.3, 0.4) is 0 Å². The molecule has 0 spiro atoms. The Morgan fingerprint density at radius 3 is 2.81 bits per heavy atom. The number of carbonyl (C=O) groups is 1. The van der Waals surface area contributed by atoms with Crippen LogP contribution >= 0.6 is 0 Å². The van der Waals surface area contributed by atoms with E-state index < -0.39 is 11.8 Å². The van der Waals surface area contributed by atoms with Crippen molar-refractivity contribution in [3.05, 3.63) is 35.1 Å². The van der Waals surface area contributed by atoms with Crippen molar-refractivity contribution in [2.75, 3.05) is 20.3 Å². The normalized spacial score (nSPS) is 10.2. The number of carbonyl (C=O) groups excluding carboxylic acids is 1. The highest BCUT2D eigenvalue weighted by atomic mass is 19.1. The lowest BCUT2D eigenvalue weighted by Crippen LogP contribution is -2.10. The van der Waals surface area contributed by atoms with Gasteiger partial charge < -0.3 is 9.47 Å². The van der Waals surface area contributed by atoms with Crippen LogP contribution in [0.5, 0.6) is 0 Å². The summed E-state index contributed by atoms with van der Waals surface area (Å²) in [5.74, 6) is -1.18. The zero-order valence-corrected chi connectivity index (χ0v) is 9.46. The second-order valence-electron chi connectivity index (χ2n) is 3.47. The maximum absolute atomic E-state index is 13.3. The van der Waals surface area contributed by atoms with Gasteiger partial charge >= 0.3 is 5.97 Å². The van der Waals surface area contributed by atoms with Crippen molar-refractivity contribution in [3.8, 4) is 0 Å². The Balaban J connectivity index is 2.55. The SMILES string of the molecule is COCCCOC(=O)c1cc(C)ccc1F. The lowest BCUT2D eigenvalue weighted by molar-refractivity contribution is 0.0463. The third-order valence-electron chi connectivity index (χ3n) is 2.07. The molecule has 0 N–H and O–H groups in total. The lowest BCUT2D eigenvalue weighted by Gasteiger charge is -2.05. The molecule has 0 aliphatic rings. The maximum Gasteiger partial charge on any atom is 0.341 e. The number of benzene rings is 1. The molecule has 0 saturated heterocycles. The average Bonchev–Trinajstić information content (AvgIpc) is 2.27. The summed E-state index contributed by atoms with van der Waals surface area (Å²) in [5, 5.41) is 0. The van der Waals surface area contributed by atoms with E-state index in [9.17, 15) is 9.18 Å². The number of ether oxygens (including phenoxy) is 2. The molecule has 0 atom stereocenters. The van der Waals surface area contributed by atoms with E-state index in [1.165, 1.54) is 12.1 Å². The fourth-order valence-corrected chi connectivity index (χ4v) is 1.24. The van der Waals surface area contributed by atoms with Gasteiger partial charge in [0.15, 0.2) is 0 Å². The Morgan fingerprint density at radius 2 is 2.12 bits per heavy atom. The highest BCUT2D eigenvalue weighted by molar-refractivity contribution is 5.89. The Morgan fingerprint density at radius 1 is 1.38 bits per heavy atom. The third kappa shape index (κ3) is 3.62. The molecule has 4 heteroatoms. The van der Waals surface area contributed by atoms with Crippen LogP contribution in [-0.4, -0.2) is 26.3 Å². The second-order valence-corrected chi connectivity index (χ2v) is 3.47. The monoisotopic (exact) mass is 226 g/mol. The first-order chi connectivity index (χ1) is 7.65. The van der Waals surface area contributed by atoms with E-state index in [1.54, 1.807) is 20.1 Å². The van der Waals surface area contributed by atoms with Crippen molar-refractivity contribution in [3.63, 3.8) is 0 Å². The average molecular weight is 226 g/mol. The third-order valence-corrected chi connectivity index (χ3v) is 2.07. The van der Waals surface area contributed by atoms with Crippen molar-refractivity contribution >= 4 is 5.97 Å². The van der Waals surface area contributed by atoms with Crippen LogP contribution in [0.1, 0.15) is 22.3 Å². The number of hydrogen-bond acceptors (Lipinski definition) is 3. The standard InChI is InChI=1S/C12H15FO3/c1-9-4-5-11(13)10(8-9)12(14)16-7-3-6-15-2/h4-5,8H,3,6-7H2,1-2H3. The van der Waals surface area contributed by atoms with Gasteiger partial charge in [-0.05, 0) is 19.1 Å². The molecular formula is C12H15FO3. The molecule has 1 rings (SSSR count). The molecular weight excluding hydrogens is 211 g/mol. The summed E-state index contributed by atoms with van der Waals surface area (Å²) >= 11 is 0. The molecule has 0 heterocycles. The van der Waals surface area contributed by atoms with E-state index in [0.717, 1.165) is 5.56 Å². The zero-order valence-electron chi connectivity index (χ0n) is 9.46. The van der Waals surface area contributed by atoms with Gasteiger partial charge in [-0.25, -0.2) is 9.18 Å². The van der Waals surface area contributed by atoms with Crippen LogP contribution in [0.2, 0.25) is 0 Å². The molecule has 0 aliphatic carbocycles. The van der Waals surface area contributed by atoms with Crippen molar-refractivity contribution in [1.29, 1.82) is 0 Å². The topological polar surface area (TPSA) is 35.5 Å². The Bertz CT molecular complexity index is 363. The van der Waals surface area contributed by atoms with Crippen LogP contribution in [-0.2, 0) is 9.47 Å². The van der Waals surface area contributed by atoms with Crippen molar-refractivity contribution in [1.82, 2.24) is 0 Å². The van der Waals surface area contributed by atoms with Gasteiger partial charge in [-0.2, -0.15) is 0 Å². The Hall–Kier alpha value is -1.42. The molecule has 1 aromatic carbocycles. The summed E-state index contributed by atoms with van der Waals surface area (Å²) in [4.78, 5) is 11.5. The van der Waals surface area contributed by atoms with Gasteiger partial charge in [0, 0.05) is 20.1 Å². The fraction of sp³-hybridized carbons (Fsp3) is 0.417. The van der Waals surface area contributed by atoms with Crippen LogP contribution in [0.4, 0.5) is 4.39 Å². The highest BCUT2D eigenvalue weighted by Gasteiger charge is 2.12. The minimum Gasteiger partial charge on any atom is -0.462 e. The van der Waals surface area contributed by atoms with Gasteiger partial charge in [-0.3, -0.25) is 0 Å². The number of hydrogen-bond donors (Lipinski definition) is 0. The Kier molecular flexibility index (Phi) is 4.92. The predicted molar refractivity (Wildman–Crippen MR) is 57.9 cm³/mol. The first kappa shape index (κ1) is 12.6. The molecule has 0 fully saturated rings. The first-order valence-electron chi connectivity index (χ1n) is 5.07. The first-order valence-corrected chi connectivity index (χ1v) is 5.07. The summed E-state index contributed by atoms with van der Waals surface area (Å²) in [6.07, 6.45) is 0.607. The van der Waals surface area contributed by atoms with Crippen LogP contribution < -0.4 is 0 Å². The summed E-state index contributed by atoms with van der Waals surface area (Å²) in [7, 11) is 1.57. The number of esters is 1. The Labute approximate surface area is 94.2 Å². The molecule has 1 aromatic rings. The van der Waals surface area contributed by atoms with Crippen LogP contribution in [0.25, 0.3) is 0 Å². The van der Waals surface area contributed by atoms with Gasteiger partial charge in [0.2, 0.25) is 0 Å². The quantitative estimate of drug-likeness (QED) is 0.571. The van der Waals surface area contributed by atoms with Gasteiger partial charge in [0.05, 0.1) is 12.2 Å². The van der Waals surface area contributed by atoms with E-state index >= 15 is 0 Å². The molecule has 0 aromatic heterocycles. The van der Waals surface area contributed by atoms with Gasteiger partial charge in [-0.1, -0.05) is 11.6 Å². The largest absolute Gasteiger partial charge is 0.462 e. The molecule has 0 amide bonds. The van der Waals surface area contributed by atoms with E-state index in [4.69, 9.17) is 9.47 Å². The van der Waals surface area contributed by atoms with Crippen molar-refractivity contribution < 1.29 is 18.7 Å². The molecule has 3 nitrogen and oxygen atoms in total. The number of methoxy groups -OCH3 is 1. The molecule has 0 bridgehead atoms. The molecule has 16 heavy (non-hydrogen) atoms. The second kappa shape index (κ2) is 6.23. The molecule has 0 saturated carbocycles. The summed E-state index contributed by atoms with van der Waals surface area (Å²) < 4.78 is 23.0. The highest BCUT2D eigenvalue weighted by Crippen LogP contribution is 2.11.